The molecule has 0 bridgehead atoms. The zero-order chi connectivity index (χ0) is 26.0. The summed E-state index contributed by atoms with van der Waals surface area (Å²) >= 11 is 1.31. The van der Waals surface area contributed by atoms with Crippen LogP contribution in [0, 0.1) is 11.8 Å². The minimum atomic E-state index is -4.48. The number of thioether (sulfide) groups is 1. The van der Waals surface area contributed by atoms with Gasteiger partial charge in [0.2, 0.25) is 0 Å². The molecule has 0 saturated heterocycles. The number of ether oxygens (including phenoxy) is 1. The Morgan fingerprint density at radius 3 is 2.66 bits per heavy atom. The van der Waals surface area contributed by atoms with Crippen molar-refractivity contribution in [3.8, 4) is 5.75 Å². The molecule has 35 heavy (non-hydrogen) atoms. The highest BCUT2D eigenvalue weighted by atomic mass is 32.2. The van der Waals surface area contributed by atoms with E-state index in [9.17, 15) is 33.3 Å². The summed E-state index contributed by atoms with van der Waals surface area (Å²) in [5.41, 5.74) is -0.832. The number of benzene rings is 1. The van der Waals surface area contributed by atoms with Crippen LogP contribution in [0.25, 0.3) is 0 Å². The van der Waals surface area contributed by atoms with Gasteiger partial charge in [0.05, 0.1) is 23.9 Å². The second-order valence-electron chi connectivity index (χ2n) is 8.97. The molecule has 1 aliphatic carbocycles. The third-order valence-corrected chi connectivity index (χ3v) is 7.69. The third-order valence-electron chi connectivity index (χ3n) is 6.07. The molecule has 6 atom stereocenters. The number of carbonyl (C=O) groups is 1. The average molecular weight is 521 g/mol. The number of carboxylic acid groups (broad SMARTS) is 1. The highest BCUT2D eigenvalue weighted by molar-refractivity contribution is 8.00. The number of rotatable bonds is 14. The second-order valence-corrected chi connectivity index (χ2v) is 10.2. The lowest BCUT2D eigenvalue weighted by molar-refractivity contribution is -0.138. The molecule has 0 radical (unpaired) electrons. The molecule has 1 fully saturated rings. The molecular weight excluding hydrogens is 485 g/mol. The highest BCUT2D eigenvalue weighted by Gasteiger charge is 2.41. The normalized spacial score (nSPS) is 24.5. The van der Waals surface area contributed by atoms with E-state index in [0.29, 0.717) is 12.8 Å². The zero-order valence-electron chi connectivity index (χ0n) is 19.7. The van der Waals surface area contributed by atoms with Crippen molar-refractivity contribution in [2.45, 2.75) is 75.2 Å². The molecule has 0 aliphatic heterocycles. The van der Waals surface area contributed by atoms with Gasteiger partial charge in [0, 0.05) is 29.8 Å². The number of hydrogen-bond acceptors (Lipinski definition) is 6. The monoisotopic (exact) mass is 520 g/mol. The Bertz CT molecular complexity index is 819. The first-order valence-corrected chi connectivity index (χ1v) is 12.9. The standard InChI is InChI=1S/C25H35F3O6S/c1-2-5-16(10-11-23(32)33)6-3-9-20-21(30)13-22(31)24(20)35-15-18(29)14-34-19-8-4-7-17(12-19)25(26,27)28/h3-4,6-8,12,16,18,20-22,24,29-31H,2,5,9-11,13-15H2,1H3,(H,32,33). The minimum Gasteiger partial charge on any atom is -0.491 e. The van der Waals surface area contributed by atoms with Crippen LogP contribution in [0.3, 0.4) is 0 Å². The maximum atomic E-state index is 12.8. The van der Waals surface area contributed by atoms with E-state index in [0.717, 1.165) is 25.0 Å². The van der Waals surface area contributed by atoms with Gasteiger partial charge in [-0.15, -0.1) is 0 Å². The second kappa shape index (κ2) is 14.1. The van der Waals surface area contributed by atoms with Crippen LogP contribution in [0.2, 0.25) is 0 Å². The third kappa shape index (κ3) is 10.0. The Hall–Kier alpha value is -1.75. The fraction of sp³-hybridized carbons (Fsp3) is 0.640. The number of halogens is 3. The van der Waals surface area contributed by atoms with Crippen molar-refractivity contribution >= 4 is 17.7 Å². The Kier molecular flexibility index (Phi) is 11.9. The number of alkyl halides is 3. The molecular formula is C25H35F3O6S. The van der Waals surface area contributed by atoms with Crippen molar-refractivity contribution in [1.29, 1.82) is 0 Å². The van der Waals surface area contributed by atoms with Crippen LogP contribution in [0.4, 0.5) is 13.2 Å². The Morgan fingerprint density at radius 2 is 2.00 bits per heavy atom. The van der Waals surface area contributed by atoms with Gasteiger partial charge in [-0.25, -0.2) is 0 Å². The Labute approximate surface area is 208 Å². The van der Waals surface area contributed by atoms with Gasteiger partial charge >= 0.3 is 12.1 Å². The van der Waals surface area contributed by atoms with Gasteiger partial charge in [-0.3, -0.25) is 4.79 Å². The molecule has 2 rings (SSSR count). The summed E-state index contributed by atoms with van der Waals surface area (Å²) in [6.07, 6.45) is 0.212. The zero-order valence-corrected chi connectivity index (χ0v) is 20.5. The summed E-state index contributed by atoms with van der Waals surface area (Å²) < 4.78 is 43.8. The topological polar surface area (TPSA) is 107 Å². The van der Waals surface area contributed by atoms with E-state index in [1.807, 2.05) is 19.1 Å². The molecule has 1 aromatic carbocycles. The molecule has 4 N–H and O–H groups in total. The smallest absolute Gasteiger partial charge is 0.416 e. The Balaban J connectivity index is 1.87. The molecule has 0 amide bonds. The number of aliphatic hydroxyl groups is 3. The van der Waals surface area contributed by atoms with Crippen LogP contribution in [0.1, 0.15) is 51.0 Å². The lowest BCUT2D eigenvalue weighted by atomic mass is 9.95. The van der Waals surface area contributed by atoms with Crippen molar-refractivity contribution in [1.82, 2.24) is 0 Å². The number of hydrogen-bond donors (Lipinski definition) is 4. The summed E-state index contributed by atoms with van der Waals surface area (Å²) in [7, 11) is 0. The number of aliphatic carboxylic acids is 1. The highest BCUT2D eigenvalue weighted by Crippen LogP contribution is 2.38. The fourth-order valence-electron chi connectivity index (χ4n) is 4.26. The van der Waals surface area contributed by atoms with E-state index in [4.69, 9.17) is 9.84 Å². The predicted octanol–water partition coefficient (Wildman–Crippen LogP) is 4.52. The van der Waals surface area contributed by atoms with E-state index in [1.165, 1.54) is 23.9 Å². The van der Waals surface area contributed by atoms with Crippen molar-refractivity contribution in [3.05, 3.63) is 42.0 Å². The molecule has 6 unspecified atom stereocenters. The summed E-state index contributed by atoms with van der Waals surface area (Å²) in [4.78, 5) is 10.9. The van der Waals surface area contributed by atoms with E-state index in [1.54, 1.807) is 0 Å². The van der Waals surface area contributed by atoms with E-state index in [-0.39, 0.29) is 48.0 Å². The molecule has 1 aliphatic rings. The first kappa shape index (κ1) is 29.5. The van der Waals surface area contributed by atoms with E-state index in [2.05, 4.69) is 0 Å². The molecule has 0 heterocycles. The first-order valence-electron chi connectivity index (χ1n) is 11.9. The summed E-state index contributed by atoms with van der Waals surface area (Å²) in [5.74, 6) is -0.733. The fourth-order valence-corrected chi connectivity index (χ4v) is 5.67. The van der Waals surface area contributed by atoms with Gasteiger partial charge in [-0.05, 0) is 43.4 Å². The number of allylic oxidation sites excluding steroid dienone is 2. The minimum absolute atomic E-state index is 0.00717. The van der Waals surface area contributed by atoms with Crippen LogP contribution in [-0.2, 0) is 11.0 Å². The SMILES string of the molecule is CCCC(C=CCC1C(O)CC(O)C1SCC(O)COc1cccc(C(F)(F)F)c1)CCC(=O)O. The largest absolute Gasteiger partial charge is 0.491 e. The quantitative estimate of drug-likeness (QED) is 0.267. The van der Waals surface area contributed by atoms with Crippen LogP contribution in [-0.4, -0.2) is 62.3 Å². The van der Waals surface area contributed by atoms with Gasteiger partial charge in [0.15, 0.2) is 0 Å². The van der Waals surface area contributed by atoms with Crippen molar-refractivity contribution in [2.24, 2.45) is 11.8 Å². The summed E-state index contributed by atoms with van der Waals surface area (Å²) in [6.45, 7) is 1.83. The molecule has 6 nitrogen and oxygen atoms in total. The molecule has 10 heteroatoms. The van der Waals surface area contributed by atoms with Gasteiger partial charge in [-0.1, -0.05) is 31.6 Å². The van der Waals surface area contributed by atoms with Crippen LogP contribution in [0.5, 0.6) is 5.75 Å². The van der Waals surface area contributed by atoms with Crippen LogP contribution >= 0.6 is 11.8 Å². The molecule has 0 spiro atoms. The first-order chi connectivity index (χ1) is 16.5. The van der Waals surface area contributed by atoms with Crippen molar-refractivity contribution in [2.75, 3.05) is 12.4 Å². The predicted molar refractivity (Wildman–Crippen MR) is 128 cm³/mol. The molecule has 1 saturated carbocycles. The summed E-state index contributed by atoms with van der Waals surface area (Å²) in [6, 6.07) is 4.44. The van der Waals surface area contributed by atoms with E-state index >= 15 is 0 Å². The van der Waals surface area contributed by atoms with Gasteiger partial charge in [0.25, 0.3) is 0 Å². The van der Waals surface area contributed by atoms with Gasteiger partial charge in [-0.2, -0.15) is 24.9 Å². The summed E-state index contributed by atoms with van der Waals surface area (Å²) in [5, 5.41) is 39.7. The lowest BCUT2D eigenvalue weighted by Gasteiger charge is -2.23. The van der Waals surface area contributed by atoms with Gasteiger partial charge < -0.3 is 25.2 Å². The average Bonchev–Trinajstić information content (AvgIpc) is 3.06. The Morgan fingerprint density at radius 1 is 1.26 bits per heavy atom. The van der Waals surface area contributed by atoms with Crippen LogP contribution in [0.15, 0.2) is 36.4 Å². The maximum absolute atomic E-state index is 12.8. The van der Waals surface area contributed by atoms with Crippen molar-refractivity contribution in [3.63, 3.8) is 0 Å². The number of carboxylic acids is 1. The molecule has 198 valence electrons. The molecule has 1 aromatic rings. The molecule has 0 aromatic heterocycles. The van der Waals surface area contributed by atoms with Gasteiger partial charge in [0.1, 0.15) is 12.4 Å². The lowest BCUT2D eigenvalue weighted by Crippen LogP contribution is -2.28. The van der Waals surface area contributed by atoms with Crippen molar-refractivity contribution < 1.29 is 43.1 Å². The van der Waals surface area contributed by atoms with Crippen LogP contribution < -0.4 is 4.74 Å². The van der Waals surface area contributed by atoms with E-state index < -0.39 is 36.0 Å². The number of aliphatic hydroxyl groups excluding tert-OH is 3. The maximum Gasteiger partial charge on any atom is 0.416 e.